The van der Waals surface area contributed by atoms with Crippen LogP contribution in [0.25, 0.3) is 11.6 Å². The lowest BCUT2D eigenvalue weighted by Crippen LogP contribution is -2.44. The molecule has 0 aromatic heterocycles. The van der Waals surface area contributed by atoms with Crippen LogP contribution in [0.2, 0.25) is 5.02 Å². The lowest BCUT2D eigenvalue weighted by atomic mass is 10.0. The maximum Gasteiger partial charge on any atom is 0.416 e. The van der Waals surface area contributed by atoms with Gasteiger partial charge in [0, 0.05) is 23.6 Å². The Morgan fingerprint density at radius 3 is 2.49 bits per heavy atom. The van der Waals surface area contributed by atoms with Crippen LogP contribution in [0.1, 0.15) is 36.5 Å². The highest BCUT2D eigenvalue weighted by Crippen LogP contribution is 2.41. The number of fused-ring (bicyclic) bond motifs is 1. The molecule has 3 aromatic rings. The first-order chi connectivity index (χ1) is 19.2. The number of halogens is 6. The third kappa shape index (κ3) is 6.48. The highest BCUT2D eigenvalue weighted by Gasteiger charge is 2.37. The second kappa shape index (κ2) is 11.7. The minimum Gasteiger partial charge on any atom is -0.486 e. The van der Waals surface area contributed by atoms with E-state index in [4.69, 9.17) is 16.3 Å². The number of allylic oxidation sites excluding steroid dienone is 1. The standard InChI is InChI=1S/C28H23ClF5NO5S/c1-16(27-21(29)7-4-8-22(27)30)11-17-12-24-25(14-23(17)31)40-19(9-10-26(36)39-2)15-35(24)41(37,38)20-6-3-5-18(13-20)28(32,33)34/h3-8,11-14,19H,9-10,15H2,1-2H3/b16-11+. The minimum atomic E-state index is -4.80. The molecule has 41 heavy (non-hydrogen) atoms. The molecule has 1 aliphatic heterocycles. The minimum absolute atomic E-state index is 0.0128. The normalized spacial score (nSPS) is 15.8. The molecular formula is C28H23ClF5NO5S. The third-order valence-corrected chi connectivity index (χ3v) is 8.48. The van der Waals surface area contributed by atoms with Gasteiger partial charge in [0.2, 0.25) is 0 Å². The molecular weight excluding hydrogens is 593 g/mol. The molecule has 218 valence electrons. The molecule has 0 amide bonds. The lowest BCUT2D eigenvalue weighted by molar-refractivity contribution is -0.141. The van der Waals surface area contributed by atoms with Crippen LogP contribution in [-0.4, -0.2) is 34.1 Å². The van der Waals surface area contributed by atoms with E-state index in [0.717, 1.165) is 34.6 Å². The molecule has 0 fully saturated rings. The molecule has 1 aliphatic rings. The SMILES string of the molecule is COC(=O)CCC1CN(S(=O)(=O)c2cccc(C(F)(F)F)c2)c2cc(/C=C(\C)c3c(F)cccc3Cl)c(F)cc2O1. The van der Waals surface area contributed by atoms with Crippen LogP contribution in [0.5, 0.6) is 5.75 Å². The van der Waals surface area contributed by atoms with Crippen LogP contribution in [0.15, 0.2) is 59.5 Å². The third-order valence-electron chi connectivity index (χ3n) is 6.39. The summed E-state index contributed by atoms with van der Waals surface area (Å²) in [5.41, 5.74) is -1.24. The zero-order valence-electron chi connectivity index (χ0n) is 21.6. The number of sulfonamides is 1. The van der Waals surface area contributed by atoms with Crippen molar-refractivity contribution in [3.63, 3.8) is 0 Å². The van der Waals surface area contributed by atoms with Crippen molar-refractivity contribution in [1.82, 2.24) is 0 Å². The second-order valence-corrected chi connectivity index (χ2v) is 11.5. The van der Waals surface area contributed by atoms with Crippen molar-refractivity contribution in [3.05, 3.63) is 87.9 Å². The number of hydrogen-bond acceptors (Lipinski definition) is 5. The molecule has 0 N–H and O–H groups in total. The molecule has 0 saturated carbocycles. The highest BCUT2D eigenvalue weighted by molar-refractivity contribution is 7.92. The number of hydrogen-bond donors (Lipinski definition) is 0. The molecule has 0 saturated heterocycles. The summed E-state index contributed by atoms with van der Waals surface area (Å²) in [4.78, 5) is 11.0. The first-order valence-electron chi connectivity index (χ1n) is 12.1. The van der Waals surface area contributed by atoms with E-state index < -0.39 is 56.9 Å². The van der Waals surface area contributed by atoms with Crippen molar-refractivity contribution in [1.29, 1.82) is 0 Å². The Morgan fingerprint density at radius 2 is 1.83 bits per heavy atom. The molecule has 4 rings (SSSR count). The lowest BCUT2D eigenvalue weighted by Gasteiger charge is -2.36. The fraction of sp³-hybridized carbons (Fsp3) is 0.250. The summed E-state index contributed by atoms with van der Waals surface area (Å²) in [7, 11) is -3.47. The van der Waals surface area contributed by atoms with Crippen molar-refractivity contribution in [2.24, 2.45) is 0 Å². The van der Waals surface area contributed by atoms with Crippen molar-refractivity contribution < 1.29 is 44.6 Å². The Hall–Kier alpha value is -3.64. The van der Waals surface area contributed by atoms with Gasteiger partial charge in [-0.25, -0.2) is 17.2 Å². The maximum absolute atomic E-state index is 15.3. The number of nitrogens with zero attached hydrogens (tertiary/aromatic N) is 1. The van der Waals surface area contributed by atoms with E-state index in [9.17, 15) is 30.8 Å². The van der Waals surface area contributed by atoms with Gasteiger partial charge < -0.3 is 9.47 Å². The summed E-state index contributed by atoms with van der Waals surface area (Å²) in [6.45, 7) is 1.09. The smallest absolute Gasteiger partial charge is 0.416 e. The van der Waals surface area contributed by atoms with E-state index in [1.807, 2.05) is 0 Å². The topological polar surface area (TPSA) is 72.9 Å². The molecule has 0 bridgehead atoms. The Labute approximate surface area is 238 Å². The van der Waals surface area contributed by atoms with E-state index in [2.05, 4.69) is 4.74 Å². The summed E-state index contributed by atoms with van der Waals surface area (Å²) in [5, 5.41) is 0.0719. The molecule has 1 unspecified atom stereocenters. The number of rotatable bonds is 7. The van der Waals surface area contributed by atoms with Gasteiger partial charge in [-0.1, -0.05) is 23.7 Å². The number of alkyl halides is 3. The van der Waals surface area contributed by atoms with E-state index in [-0.39, 0.29) is 46.0 Å². The number of anilines is 1. The van der Waals surface area contributed by atoms with Gasteiger partial charge in [0.05, 0.1) is 34.8 Å². The van der Waals surface area contributed by atoms with Crippen LogP contribution in [0.3, 0.4) is 0 Å². The molecule has 1 atom stereocenters. The van der Waals surface area contributed by atoms with Crippen molar-refractivity contribution in [2.75, 3.05) is 18.0 Å². The first-order valence-corrected chi connectivity index (χ1v) is 13.9. The summed E-state index contributed by atoms with van der Waals surface area (Å²) in [6, 6.07) is 9.31. The number of esters is 1. The van der Waals surface area contributed by atoms with Gasteiger partial charge in [0.25, 0.3) is 10.0 Å². The van der Waals surface area contributed by atoms with Crippen LogP contribution >= 0.6 is 11.6 Å². The molecule has 6 nitrogen and oxygen atoms in total. The predicted octanol–water partition coefficient (Wildman–Crippen LogP) is 7.11. The molecule has 0 aliphatic carbocycles. The van der Waals surface area contributed by atoms with E-state index in [1.165, 1.54) is 38.3 Å². The molecule has 3 aromatic carbocycles. The Bertz CT molecular complexity index is 1600. The van der Waals surface area contributed by atoms with E-state index in [1.54, 1.807) is 0 Å². The van der Waals surface area contributed by atoms with Crippen LogP contribution in [0, 0.1) is 11.6 Å². The molecule has 0 spiro atoms. The predicted molar refractivity (Wildman–Crippen MR) is 143 cm³/mol. The number of methoxy groups -OCH3 is 1. The van der Waals surface area contributed by atoms with Gasteiger partial charge in [-0.15, -0.1) is 0 Å². The first kappa shape index (κ1) is 30.3. The highest BCUT2D eigenvalue weighted by atomic mass is 35.5. The van der Waals surface area contributed by atoms with Gasteiger partial charge >= 0.3 is 12.1 Å². The second-order valence-electron chi connectivity index (χ2n) is 9.18. The summed E-state index contributed by atoms with van der Waals surface area (Å²) in [6.07, 6.45) is -4.67. The summed E-state index contributed by atoms with van der Waals surface area (Å²) < 4.78 is 109. The average molecular weight is 616 g/mol. The summed E-state index contributed by atoms with van der Waals surface area (Å²) >= 11 is 6.12. The Balaban J connectivity index is 1.83. The van der Waals surface area contributed by atoms with Crippen molar-refractivity contribution in [3.8, 4) is 5.75 Å². The van der Waals surface area contributed by atoms with Gasteiger partial charge in [-0.05, 0) is 61.4 Å². The van der Waals surface area contributed by atoms with Gasteiger partial charge in [-0.2, -0.15) is 13.2 Å². The molecule has 1 heterocycles. The van der Waals surface area contributed by atoms with Gasteiger partial charge in [-0.3, -0.25) is 9.10 Å². The average Bonchev–Trinajstić information content (AvgIpc) is 2.91. The number of ether oxygens (including phenoxy) is 2. The van der Waals surface area contributed by atoms with E-state index in [0.29, 0.717) is 6.07 Å². The quantitative estimate of drug-likeness (QED) is 0.161. The Morgan fingerprint density at radius 1 is 1.12 bits per heavy atom. The zero-order chi connectivity index (χ0) is 30.1. The van der Waals surface area contributed by atoms with Crippen molar-refractivity contribution >= 4 is 44.9 Å². The van der Waals surface area contributed by atoms with Crippen LogP contribution < -0.4 is 9.04 Å². The van der Waals surface area contributed by atoms with Gasteiger partial charge in [0.15, 0.2) is 0 Å². The molecule has 13 heteroatoms. The number of carbonyl (C=O) groups excluding carboxylic acids is 1. The van der Waals surface area contributed by atoms with E-state index >= 15 is 4.39 Å². The summed E-state index contributed by atoms with van der Waals surface area (Å²) in [5.74, 6) is -2.31. The molecule has 0 radical (unpaired) electrons. The van der Waals surface area contributed by atoms with Crippen LogP contribution in [-0.2, 0) is 25.7 Å². The number of benzene rings is 3. The fourth-order valence-electron chi connectivity index (χ4n) is 4.36. The monoisotopic (exact) mass is 615 g/mol. The van der Waals surface area contributed by atoms with Crippen molar-refractivity contribution in [2.45, 2.75) is 36.9 Å². The maximum atomic E-state index is 15.3. The number of carbonyl (C=O) groups is 1. The Kier molecular flexibility index (Phi) is 8.65. The van der Waals surface area contributed by atoms with Gasteiger partial charge in [0.1, 0.15) is 23.5 Å². The van der Waals surface area contributed by atoms with Crippen LogP contribution in [0.4, 0.5) is 27.6 Å². The zero-order valence-corrected chi connectivity index (χ0v) is 23.2. The fourth-order valence-corrected chi connectivity index (χ4v) is 6.22. The largest absolute Gasteiger partial charge is 0.486 e.